The lowest BCUT2D eigenvalue weighted by atomic mass is 10.2. The van der Waals surface area contributed by atoms with Crippen LogP contribution in [0, 0.1) is 5.82 Å². The molecule has 2 N–H and O–H groups in total. The summed E-state index contributed by atoms with van der Waals surface area (Å²) in [6.07, 6.45) is 0. The number of hydrogen-bond acceptors (Lipinski definition) is 3. The SMILES string of the molecule is Nc1cc(F)ccc1S(=O)(=O)Cc1cccc(Br)c1. The normalized spacial score (nSPS) is 11.5. The lowest BCUT2D eigenvalue weighted by molar-refractivity contribution is 0.594. The zero-order chi connectivity index (χ0) is 14.0. The number of sulfone groups is 1. The summed E-state index contributed by atoms with van der Waals surface area (Å²) >= 11 is 3.28. The molecule has 0 heterocycles. The second-order valence-electron chi connectivity index (χ2n) is 4.07. The lowest BCUT2D eigenvalue weighted by Gasteiger charge is -2.08. The molecule has 0 unspecified atom stereocenters. The van der Waals surface area contributed by atoms with Crippen LogP contribution in [-0.2, 0) is 15.6 Å². The molecule has 0 fully saturated rings. The molecular weight excluding hydrogens is 333 g/mol. The number of nitrogens with two attached hydrogens (primary N) is 1. The van der Waals surface area contributed by atoms with Gasteiger partial charge in [-0.2, -0.15) is 0 Å². The first-order valence-electron chi connectivity index (χ1n) is 5.41. The van der Waals surface area contributed by atoms with Gasteiger partial charge in [0, 0.05) is 4.47 Å². The average molecular weight is 344 g/mol. The molecule has 0 radical (unpaired) electrons. The van der Waals surface area contributed by atoms with Crippen molar-refractivity contribution in [3.05, 3.63) is 58.3 Å². The van der Waals surface area contributed by atoms with E-state index >= 15 is 0 Å². The minimum absolute atomic E-state index is 0.0473. The Morgan fingerprint density at radius 3 is 2.53 bits per heavy atom. The van der Waals surface area contributed by atoms with Gasteiger partial charge in [0.25, 0.3) is 0 Å². The second kappa shape index (κ2) is 5.30. The molecule has 0 bridgehead atoms. The van der Waals surface area contributed by atoms with Crippen molar-refractivity contribution in [1.82, 2.24) is 0 Å². The summed E-state index contributed by atoms with van der Waals surface area (Å²) in [5.74, 6) is -0.735. The van der Waals surface area contributed by atoms with E-state index in [2.05, 4.69) is 15.9 Å². The van der Waals surface area contributed by atoms with Gasteiger partial charge >= 0.3 is 0 Å². The number of anilines is 1. The maximum Gasteiger partial charge on any atom is 0.184 e. The van der Waals surface area contributed by atoms with Crippen molar-refractivity contribution in [2.75, 3.05) is 5.73 Å². The first kappa shape index (κ1) is 14.0. The summed E-state index contributed by atoms with van der Waals surface area (Å²) in [5.41, 5.74) is 6.13. The molecule has 0 aliphatic heterocycles. The molecule has 2 rings (SSSR count). The average Bonchev–Trinajstić information content (AvgIpc) is 2.27. The van der Waals surface area contributed by atoms with Gasteiger partial charge in [-0.3, -0.25) is 0 Å². The highest BCUT2D eigenvalue weighted by atomic mass is 79.9. The van der Waals surface area contributed by atoms with Crippen molar-refractivity contribution < 1.29 is 12.8 Å². The quantitative estimate of drug-likeness (QED) is 0.687. The fourth-order valence-electron chi connectivity index (χ4n) is 1.73. The Balaban J connectivity index is 2.38. The highest BCUT2D eigenvalue weighted by molar-refractivity contribution is 9.10. The van der Waals surface area contributed by atoms with Crippen molar-refractivity contribution in [2.24, 2.45) is 0 Å². The van der Waals surface area contributed by atoms with Crippen LogP contribution in [-0.4, -0.2) is 8.42 Å². The lowest BCUT2D eigenvalue weighted by Crippen LogP contribution is -2.08. The Morgan fingerprint density at radius 2 is 1.89 bits per heavy atom. The summed E-state index contributed by atoms with van der Waals surface area (Å²) in [6.45, 7) is 0. The van der Waals surface area contributed by atoms with Crippen molar-refractivity contribution >= 4 is 31.5 Å². The van der Waals surface area contributed by atoms with Crippen LogP contribution in [0.5, 0.6) is 0 Å². The molecule has 19 heavy (non-hydrogen) atoms. The van der Waals surface area contributed by atoms with Gasteiger partial charge in [-0.15, -0.1) is 0 Å². The Morgan fingerprint density at radius 1 is 1.16 bits per heavy atom. The third-order valence-corrected chi connectivity index (χ3v) is 4.80. The van der Waals surface area contributed by atoms with Crippen molar-refractivity contribution in [3.8, 4) is 0 Å². The maximum absolute atomic E-state index is 12.9. The van der Waals surface area contributed by atoms with Crippen LogP contribution in [0.4, 0.5) is 10.1 Å². The Kier molecular flexibility index (Phi) is 3.91. The molecule has 3 nitrogen and oxygen atoms in total. The summed E-state index contributed by atoms with van der Waals surface area (Å²) < 4.78 is 38.2. The third-order valence-electron chi connectivity index (χ3n) is 2.55. The molecule has 0 amide bonds. The summed E-state index contributed by atoms with van der Waals surface area (Å²) in [5, 5.41) is 0. The fraction of sp³-hybridized carbons (Fsp3) is 0.0769. The van der Waals surface area contributed by atoms with Gasteiger partial charge in [-0.05, 0) is 35.9 Å². The third kappa shape index (κ3) is 3.33. The van der Waals surface area contributed by atoms with Gasteiger partial charge in [0.2, 0.25) is 0 Å². The van der Waals surface area contributed by atoms with Gasteiger partial charge in [0.15, 0.2) is 9.84 Å². The highest BCUT2D eigenvalue weighted by Crippen LogP contribution is 2.24. The number of benzene rings is 2. The summed E-state index contributed by atoms with van der Waals surface area (Å²) in [7, 11) is -3.59. The molecule has 6 heteroatoms. The monoisotopic (exact) mass is 343 g/mol. The predicted molar refractivity (Wildman–Crippen MR) is 75.8 cm³/mol. The Labute approximate surface area is 119 Å². The molecule has 0 saturated carbocycles. The Hall–Kier alpha value is -1.40. The van der Waals surface area contributed by atoms with E-state index in [9.17, 15) is 12.8 Å². The molecule has 0 spiro atoms. The van der Waals surface area contributed by atoms with Gasteiger partial charge in [-0.25, -0.2) is 12.8 Å². The van der Waals surface area contributed by atoms with Crippen LogP contribution in [0.3, 0.4) is 0 Å². The van der Waals surface area contributed by atoms with E-state index in [1.165, 1.54) is 6.07 Å². The minimum atomic E-state index is -3.59. The largest absolute Gasteiger partial charge is 0.398 e. The minimum Gasteiger partial charge on any atom is -0.398 e. The van der Waals surface area contributed by atoms with Crippen LogP contribution in [0.15, 0.2) is 51.8 Å². The molecule has 0 atom stereocenters. The van der Waals surface area contributed by atoms with Gasteiger partial charge < -0.3 is 5.73 Å². The highest BCUT2D eigenvalue weighted by Gasteiger charge is 2.18. The molecule has 0 aliphatic rings. The van der Waals surface area contributed by atoms with E-state index in [1.807, 2.05) is 6.07 Å². The molecular formula is C13H11BrFNO2S. The molecule has 0 aliphatic carbocycles. The van der Waals surface area contributed by atoms with E-state index in [0.29, 0.717) is 5.56 Å². The number of nitrogen functional groups attached to an aromatic ring is 1. The topological polar surface area (TPSA) is 60.2 Å². The van der Waals surface area contributed by atoms with Crippen molar-refractivity contribution in [2.45, 2.75) is 10.6 Å². The van der Waals surface area contributed by atoms with Crippen LogP contribution in [0.1, 0.15) is 5.56 Å². The molecule has 0 aromatic heterocycles. The van der Waals surface area contributed by atoms with Gasteiger partial charge in [0.1, 0.15) is 5.82 Å². The zero-order valence-corrected chi connectivity index (χ0v) is 12.2. The smallest absolute Gasteiger partial charge is 0.184 e. The van der Waals surface area contributed by atoms with Crippen molar-refractivity contribution in [3.63, 3.8) is 0 Å². The van der Waals surface area contributed by atoms with E-state index in [4.69, 9.17) is 5.73 Å². The van der Waals surface area contributed by atoms with Crippen LogP contribution >= 0.6 is 15.9 Å². The van der Waals surface area contributed by atoms with Gasteiger partial charge in [-0.1, -0.05) is 28.1 Å². The van der Waals surface area contributed by atoms with Crippen LogP contribution in [0.2, 0.25) is 0 Å². The number of rotatable bonds is 3. The molecule has 100 valence electrons. The van der Waals surface area contributed by atoms with Crippen LogP contribution < -0.4 is 5.73 Å². The molecule has 0 saturated heterocycles. The molecule has 2 aromatic carbocycles. The standard InChI is InChI=1S/C13H11BrFNO2S/c14-10-3-1-2-9(6-10)8-19(17,18)13-5-4-11(15)7-12(13)16/h1-7H,8,16H2. The van der Waals surface area contributed by atoms with Crippen LogP contribution in [0.25, 0.3) is 0 Å². The molecule has 2 aromatic rings. The van der Waals surface area contributed by atoms with E-state index in [-0.39, 0.29) is 16.3 Å². The summed E-state index contributed by atoms with van der Waals surface area (Å²) in [4.78, 5) is -0.0473. The number of halogens is 2. The predicted octanol–water partition coefficient (Wildman–Crippen LogP) is 3.14. The van der Waals surface area contributed by atoms with E-state index in [1.54, 1.807) is 18.2 Å². The van der Waals surface area contributed by atoms with E-state index < -0.39 is 15.7 Å². The summed E-state index contributed by atoms with van der Waals surface area (Å²) in [6, 6.07) is 10.3. The van der Waals surface area contributed by atoms with Crippen molar-refractivity contribution in [1.29, 1.82) is 0 Å². The Bertz CT molecular complexity index is 716. The first-order valence-corrected chi connectivity index (χ1v) is 7.85. The van der Waals surface area contributed by atoms with Gasteiger partial charge in [0.05, 0.1) is 16.3 Å². The fourth-order valence-corrected chi connectivity index (χ4v) is 3.64. The van der Waals surface area contributed by atoms with E-state index in [0.717, 1.165) is 16.6 Å². The first-order chi connectivity index (χ1) is 8.88. The maximum atomic E-state index is 12.9. The number of hydrogen-bond donors (Lipinski definition) is 1. The zero-order valence-electron chi connectivity index (χ0n) is 9.81. The second-order valence-corrected chi connectivity index (χ2v) is 6.94.